The van der Waals surface area contributed by atoms with Gasteiger partial charge >= 0.3 is 0 Å². The van der Waals surface area contributed by atoms with Gasteiger partial charge in [0.15, 0.2) is 5.78 Å². The number of ketones is 1. The summed E-state index contributed by atoms with van der Waals surface area (Å²) < 4.78 is 5.39. The van der Waals surface area contributed by atoms with Gasteiger partial charge < -0.3 is 25.8 Å². The van der Waals surface area contributed by atoms with Crippen molar-refractivity contribution in [2.45, 2.75) is 90.4 Å². The van der Waals surface area contributed by atoms with Crippen LogP contribution in [0.25, 0.3) is 0 Å². The maximum absolute atomic E-state index is 13.8. The van der Waals surface area contributed by atoms with E-state index in [2.05, 4.69) is 34.7 Å². The minimum Gasteiger partial charge on any atom is -0.396 e. The highest BCUT2D eigenvalue weighted by atomic mass is 16.6. The van der Waals surface area contributed by atoms with E-state index in [1.54, 1.807) is 6.92 Å². The fraction of sp³-hybridized carbons (Fsp3) is 0.528. The van der Waals surface area contributed by atoms with Crippen LogP contribution in [-0.2, 0) is 32.0 Å². The molecule has 8 heteroatoms. The van der Waals surface area contributed by atoms with Crippen LogP contribution in [0.4, 0.5) is 0 Å². The molecule has 0 spiro atoms. The zero-order valence-corrected chi connectivity index (χ0v) is 27.0. The minimum absolute atomic E-state index is 0.0956. The lowest BCUT2D eigenvalue weighted by Gasteiger charge is -2.29. The van der Waals surface area contributed by atoms with Gasteiger partial charge in [0, 0.05) is 18.0 Å². The summed E-state index contributed by atoms with van der Waals surface area (Å²) in [6, 6.07) is 17.3. The molecular formula is C36H51N3O5. The first kappa shape index (κ1) is 35.0. The Hall–Kier alpha value is -3.49. The molecule has 0 saturated carbocycles. The van der Waals surface area contributed by atoms with Gasteiger partial charge in [-0.1, -0.05) is 94.9 Å². The highest BCUT2D eigenvalue weighted by Gasteiger charge is 2.50. The summed E-state index contributed by atoms with van der Waals surface area (Å²) in [7, 11) is 0. The molecule has 44 heavy (non-hydrogen) atoms. The van der Waals surface area contributed by atoms with Gasteiger partial charge in [0.2, 0.25) is 11.8 Å². The first-order valence-corrected chi connectivity index (χ1v) is 15.8. The average Bonchev–Trinajstić information content (AvgIpc) is 3.74. The van der Waals surface area contributed by atoms with Crippen molar-refractivity contribution in [2.75, 3.05) is 13.2 Å². The van der Waals surface area contributed by atoms with E-state index in [9.17, 15) is 19.5 Å². The summed E-state index contributed by atoms with van der Waals surface area (Å²) in [5.74, 6) is -0.790. The lowest BCUT2D eigenvalue weighted by molar-refractivity contribution is -0.133. The third kappa shape index (κ3) is 10.9. The number of rotatable bonds is 19. The summed E-state index contributed by atoms with van der Waals surface area (Å²) in [5, 5.41) is 19.4. The second-order valence-corrected chi connectivity index (χ2v) is 13.1. The summed E-state index contributed by atoms with van der Waals surface area (Å²) in [4.78, 5) is 40.8. The molecule has 0 aliphatic carbocycles. The van der Waals surface area contributed by atoms with Gasteiger partial charge in [-0.3, -0.25) is 14.4 Å². The Labute approximate surface area is 263 Å². The number of carbonyl (C=O) groups excluding carboxylic acids is 3. The van der Waals surface area contributed by atoms with Crippen LogP contribution in [0.15, 0.2) is 72.9 Å². The van der Waals surface area contributed by atoms with E-state index in [1.165, 1.54) is 5.56 Å². The number of benzene rings is 2. The van der Waals surface area contributed by atoms with E-state index < -0.39 is 29.6 Å². The maximum atomic E-state index is 13.8. The number of aryl methyl sites for hydroxylation is 1. The molecule has 5 atom stereocenters. The predicted molar refractivity (Wildman–Crippen MR) is 174 cm³/mol. The largest absolute Gasteiger partial charge is 0.396 e. The van der Waals surface area contributed by atoms with E-state index in [0.717, 1.165) is 12.0 Å². The van der Waals surface area contributed by atoms with Crippen molar-refractivity contribution in [3.63, 3.8) is 0 Å². The van der Waals surface area contributed by atoms with E-state index in [4.69, 9.17) is 4.74 Å². The van der Waals surface area contributed by atoms with Crippen molar-refractivity contribution in [2.24, 2.45) is 17.8 Å². The molecule has 8 nitrogen and oxygen atoms in total. The Morgan fingerprint density at radius 1 is 0.818 bits per heavy atom. The van der Waals surface area contributed by atoms with Crippen LogP contribution in [0.1, 0.15) is 65.0 Å². The first-order valence-electron chi connectivity index (χ1n) is 15.8. The van der Waals surface area contributed by atoms with Crippen LogP contribution >= 0.6 is 0 Å². The number of hydrogen-bond donors (Lipinski definition) is 4. The predicted octanol–water partition coefficient (Wildman–Crippen LogP) is 4.36. The minimum atomic E-state index is -0.906. The Bertz CT molecular complexity index is 1230. The number of aliphatic hydroxyl groups excluding tert-OH is 1. The SMILES string of the molecule is C=C(N[C@@H](CC(C)C)C(=O)N[C@@H](Cc1ccccc1)C(=O)N[C@@H](CC(C)C)C(=O)[C@@]1(C)CO1)C(CO)CCc1ccccc1. The molecule has 1 fully saturated rings. The van der Waals surface area contributed by atoms with Gasteiger partial charge in [0.25, 0.3) is 0 Å². The van der Waals surface area contributed by atoms with Gasteiger partial charge in [0.1, 0.15) is 17.7 Å². The zero-order chi connectivity index (χ0) is 32.3. The highest BCUT2D eigenvalue weighted by Crippen LogP contribution is 2.29. The Balaban J connectivity index is 1.76. The van der Waals surface area contributed by atoms with E-state index in [-0.39, 0.29) is 42.5 Å². The second kappa shape index (κ2) is 16.5. The number of Topliss-reactive ketones (excluding diaryl/α,β-unsaturated/α-hetero) is 1. The summed E-state index contributed by atoms with van der Waals surface area (Å²) in [6.45, 7) is 14.2. The van der Waals surface area contributed by atoms with Crippen molar-refractivity contribution < 1.29 is 24.2 Å². The van der Waals surface area contributed by atoms with Crippen molar-refractivity contribution in [3.05, 3.63) is 84.1 Å². The van der Waals surface area contributed by atoms with Gasteiger partial charge in [-0.15, -0.1) is 0 Å². The van der Waals surface area contributed by atoms with Gasteiger partial charge in [-0.05, 0) is 55.6 Å². The quantitative estimate of drug-likeness (QED) is 0.177. The Morgan fingerprint density at radius 2 is 1.32 bits per heavy atom. The molecule has 1 aliphatic rings. The molecule has 4 N–H and O–H groups in total. The number of hydrogen-bond acceptors (Lipinski definition) is 6. The molecule has 2 aromatic carbocycles. The van der Waals surface area contributed by atoms with Crippen molar-refractivity contribution in [3.8, 4) is 0 Å². The van der Waals surface area contributed by atoms with Crippen LogP contribution in [0, 0.1) is 17.8 Å². The number of amides is 2. The Morgan fingerprint density at radius 3 is 1.84 bits per heavy atom. The Kier molecular flexibility index (Phi) is 13.2. The average molecular weight is 606 g/mol. The van der Waals surface area contributed by atoms with Gasteiger partial charge in [0.05, 0.1) is 19.3 Å². The topological polar surface area (TPSA) is 120 Å². The van der Waals surface area contributed by atoms with E-state index >= 15 is 0 Å². The summed E-state index contributed by atoms with van der Waals surface area (Å²) in [5.41, 5.74) is 1.77. The fourth-order valence-electron chi connectivity index (χ4n) is 5.33. The lowest BCUT2D eigenvalue weighted by Crippen LogP contribution is -2.57. The maximum Gasteiger partial charge on any atom is 0.243 e. The van der Waals surface area contributed by atoms with Crippen LogP contribution in [0.3, 0.4) is 0 Å². The monoisotopic (exact) mass is 605 g/mol. The first-order chi connectivity index (χ1) is 20.9. The van der Waals surface area contributed by atoms with Crippen molar-refractivity contribution >= 4 is 17.6 Å². The smallest absolute Gasteiger partial charge is 0.243 e. The molecule has 1 heterocycles. The van der Waals surface area contributed by atoms with Crippen LogP contribution < -0.4 is 16.0 Å². The molecular weight excluding hydrogens is 554 g/mol. The molecule has 1 aliphatic heterocycles. The van der Waals surface area contributed by atoms with Gasteiger partial charge in [-0.2, -0.15) is 0 Å². The van der Waals surface area contributed by atoms with Crippen LogP contribution in [0.5, 0.6) is 0 Å². The molecule has 1 saturated heterocycles. The van der Waals surface area contributed by atoms with E-state index in [0.29, 0.717) is 31.6 Å². The van der Waals surface area contributed by atoms with E-state index in [1.807, 2.05) is 76.2 Å². The summed E-state index contributed by atoms with van der Waals surface area (Å²) in [6.07, 6.45) is 2.69. The zero-order valence-electron chi connectivity index (χ0n) is 27.0. The lowest BCUT2D eigenvalue weighted by atomic mass is 9.93. The second-order valence-electron chi connectivity index (χ2n) is 13.1. The number of ether oxygens (including phenoxy) is 1. The number of aliphatic hydroxyl groups is 1. The molecule has 1 unspecified atom stereocenters. The van der Waals surface area contributed by atoms with Crippen LogP contribution in [0.2, 0.25) is 0 Å². The third-order valence-electron chi connectivity index (χ3n) is 8.07. The number of carbonyl (C=O) groups is 3. The highest BCUT2D eigenvalue weighted by molar-refractivity contribution is 5.98. The standard InChI is InChI=1S/C36H51N3O5/c1-24(2)19-30(33(41)36(6)23-44-36)38-35(43)32(21-28-15-11-8-12-16-28)39-34(42)31(20-25(3)4)37-26(5)29(22-40)18-17-27-13-9-7-10-14-27/h7-16,24-25,29-32,37,40H,5,17-23H2,1-4,6H3,(H,38,43)(H,39,42)/t29?,30-,31-,32-,36+/m0/s1. The molecule has 0 bridgehead atoms. The van der Waals surface area contributed by atoms with Crippen molar-refractivity contribution in [1.82, 2.24) is 16.0 Å². The normalized spacial score (nSPS) is 18.6. The molecule has 240 valence electrons. The molecule has 2 amide bonds. The third-order valence-corrected chi connectivity index (χ3v) is 8.07. The number of epoxide rings is 1. The molecule has 0 radical (unpaired) electrons. The molecule has 2 aromatic rings. The molecule has 3 rings (SSSR count). The molecule has 0 aromatic heterocycles. The fourth-order valence-corrected chi connectivity index (χ4v) is 5.33. The van der Waals surface area contributed by atoms with Crippen molar-refractivity contribution in [1.29, 1.82) is 0 Å². The van der Waals surface area contributed by atoms with Gasteiger partial charge in [-0.25, -0.2) is 0 Å². The summed E-state index contributed by atoms with van der Waals surface area (Å²) >= 11 is 0. The van der Waals surface area contributed by atoms with Crippen LogP contribution in [-0.4, -0.2) is 59.6 Å². The number of nitrogens with one attached hydrogen (secondary N) is 3.